The molecule has 0 amide bonds. The van der Waals surface area contributed by atoms with Gasteiger partial charge in [-0.05, 0) is 72.3 Å². The first-order chi connectivity index (χ1) is 15.2. The van der Waals surface area contributed by atoms with E-state index in [4.69, 9.17) is 23.3 Å². The summed E-state index contributed by atoms with van der Waals surface area (Å²) >= 11 is 0. The van der Waals surface area contributed by atoms with Crippen LogP contribution in [-0.2, 0) is 13.3 Å². The van der Waals surface area contributed by atoms with E-state index in [9.17, 15) is 0 Å². The molecule has 0 fully saturated rings. The zero-order valence-electron chi connectivity index (χ0n) is 22.7. The van der Waals surface area contributed by atoms with E-state index in [1.54, 1.807) is 0 Å². The van der Waals surface area contributed by atoms with Gasteiger partial charge >= 0.3 is 8.80 Å². The molecule has 0 aliphatic carbocycles. The predicted octanol–water partition coefficient (Wildman–Crippen LogP) is 5.74. The van der Waals surface area contributed by atoms with E-state index in [2.05, 4.69) is 46.4 Å². The van der Waals surface area contributed by atoms with Crippen LogP contribution in [-0.4, -0.2) is 77.7 Å². The third-order valence-corrected chi connectivity index (χ3v) is 8.20. The van der Waals surface area contributed by atoms with Gasteiger partial charge in [-0.15, -0.1) is 0 Å². The van der Waals surface area contributed by atoms with Crippen molar-refractivity contribution in [2.45, 2.75) is 87.6 Å². The molecule has 0 aliphatic heterocycles. The first-order valence-electron chi connectivity index (χ1n) is 12.8. The van der Waals surface area contributed by atoms with Crippen LogP contribution < -0.4 is 0 Å². The summed E-state index contributed by atoms with van der Waals surface area (Å²) in [4.78, 5) is 12.1. The number of nitrogens with zero attached hydrogens (tertiary/aromatic N) is 3. The topological polar surface area (TPSA) is 55.7 Å². The molecule has 32 heavy (non-hydrogen) atoms. The summed E-state index contributed by atoms with van der Waals surface area (Å²) in [7, 11) is -2.58. The highest BCUT2D eigenvalue weighted by Gasteiger charge is 2.39. The molecule has 0 atom stereocenters. The average Bonchev–Trinajstić information content (AvgIpc) is 2.67. The van der Waals surface area contributed by atoms with Gasteiger partial charge in [-0.3, -0.25) is 14.9 Å². The predicted molar refractivity (Wildman–Crippen MR) is 141 cm³/mol. The Balaban J connectivity index is 4.96. The summed E-state index contributed by atoms with van der Waals surface area (Å²) in [5, 5.41) is 0. The van der Waals surface area contributed by atoms with E-state index in [1.807, 2.05) is 20.8 Å². The SMILES string of the molecule is CCO[Si](CCCN(CC/N=C(\C)CC(C)C)CC/N=C(\C)CC(C)C)(OCC)OCC. The summed E-state index contributed by atoms with van der Waals surface area (Å²) in [6.45, 7) is 25.8. The van der Waals surface area contributed by atoms with Crippen molar-refractivity contribution in [3.63, 3.8) is 0 Å². The first kappa shape index (κ1) is 31.4. The van der Waals surface area contributed by atoms with E-state index in [-0.39, 0.29) is 0 Å². The summed E-state index contributed by atoms with van der Waals surface area (Å²) in [5.74, 6) is 1.31. The Hall–Kier alpha value is -0.603. The van der Waals surface area contributed by atoms with E-state index in [0.717, 1.165) is 58.0 Å². The molecule has 0 aromatic rings. The van der Waals surface area contributed by atoms with E-state index in [0.29, 0.717) is 31.7 Å². The van der Waals surface area contributed by atoms with Crippen molar-refractivity contribution in [2.24, 2.45) is 21.8 Å². The Kier molecular flexibility index (Phi) is 18.4. The lowest BCUT2D eigenvalue weighted by Gasteiger charge is -2.29. The molecule has 0 aromatic heterocycles. The lowest BCUT2D eigenvalue weighted by atomic mass is 10.1. The van der Waals surface area contributed by atoms with Crippen LogP contribution in [0.2, 0.25) is 6.04 Å². The Morgan fingerprint density at radius 2 is 1.12 bits per heavy atom. The largest absolute Gasteiger partial charge is 0.500 e. The molecule has 0 radical (unpaired) electrons. The molecule has 0 spiro atoms. The zero-order valence-corrected chi connectivity index (χ0v) is 23.7. The molecule has 190 valence electrons. The molecule has 0 aromatic carbocycles. The molecular formula is C25H53N3O3Si. The molecule has 0 saturated carbocycles. The maximum Gasteiger partial charge on any atom is 0.500 e. The van der Waals surface area contributed by atoms with Crippen molar-refractivity contribution >= 4 is 20.2 Å². The summed E-state index contributed by atoms with van der Waals surface area (Å²) in [6.07, 6.45) is 3.14. The van der Waals surface area contributed by atoms with Crippen molar-refractivity contribution in [3.05, 3.63) is 0 Å². The second kappa shape index (κ2) is 18.8. The van der Waals surface area contributed by atoms with Gasteiger partial charge < -0.3 is 13.3 Å². The van der Waals surface area contributed by atoms with Crippen molar-refractivity contribution in [2.75, 3.05) is 52.5 Å². The normalized spacial score (nSPS) is 13.8. The van der Waals surface area contributed by atoms with Gasteiger partial charge in [0.05, 0.1) is 13.1 Å². The highest BCUT2D eigenvalue weighted by atomic mass is 28.4. The van der Waals surface area contributed by atoms with Crippen LogP contribution in [0.4, 0.5) is 0 Å². The second-order valence-electron chi connectivity index (χ2n) is 9.36. The van der Waals surface area contributed by atoms with E-state index in [1.165, 1.54) is 11.4 Å². The van der Waals surface area contributed by atoms with Crippen LogP contribution in [0.25, 0.3) is 0 Å². The molecule has 0 saturated heterocycles. The van der Waals surface area contributed by atoms with Crippen LogP contribution >= 0.6 is 0 Å². The van der Waals surface area contributed by atoms with Crippen LogP contribution in [0.1, 0.15) is 81.6 Å². The van der Waals surface area contributed by atoms with Gasteiger partial charge in [0.15, 0.2) is 0 Å². The highest BCUT2D eigenvalue weighted by Crippen LogP contribution is 2.18. The van der Waals surface area contributed by atoms with Crippen LogP contribution in [0.3, 0.4) is 0 Å². The monoisotopic (exact) mass is 471 g/mol. The third-order valence-electron chi connectivity index (χ3n) is 5.05. The second-order valence-corrected chi connectivity index (χ2v) is 12.1. The minimum absolute atomic E-state index is 0.629. The molecule has 0 rings (SSSR count). The smallest absolute Gasteiger partial charge is 0.374 e. The molecule has 6 nitrogen and oxygen atoms in total. The van der Waals surface area contributed by atoms with Gasteiger partial charge in [0.1, 0.15) is 0 Å². The van der Waals surface area contributed by atoms with Crippen molar-refractivity contribution < 1.29 is 13.3 Å². The standard InChI is InChI=1S/C25H53N3O3Si/c1-10-29-32(30-11-2,31-12-3)19-13-16-28(17-14-26-24(8)20-22(4)5)18-15-27-25(9)21-23(6)7/h22-23H,10-21H2,1-9H3/b26-24+,27-25+. The minimum Gasteiger partial charge on any atom is -0.374 e. The first-order valence-corrected chi connectivity index (χ1v) is 14.7. The zero-order chi connectivity index (χ0) is 24.4. The summed E-state index contributed by atoms with van der Waals surface area (Å²) in [6, 6.07) is 0.851. The lowest BCUT2D eigenvalue weighted by Crippen LogP contribution is -2.46. The average molecular weight is 472 g/mol. The highest BCUT2D eigenvalue weighted by molar-refractivity contribution is 6.60. The van der Waals surface area contributed by atoms with E-state index >= 15 is 0 Å². The fraction of sp³-hybridized carbons (Fsp3) is 0.920. The van der Waals surface area contributed by atoms with Crippen molar-refractivity contribution in [3.8, 4) is 0 Å². The van der Waals surface area contributed by atoms with Crippen LogP contribution in [0.15, 0.2) is 9.98 Å². The number of rotatable bonds is 20. The van der Waals surface area contributed by atoms with Gasteiger partial charge in [0, 0.05) is 50.4 Å². The third kappa shape index (κ3) is 16.1. The fourth-order valence-electron chi connectivity index (χ4n) is 3.93. The molecule has 0 N–H and O–H groups in total. The van der Waals surface area contributed by atoms with E-state index < -0.39 is 8.80 Å². The summed E-state index contributed by atoms with van der Waals surface area (Å²) < 4.78 is 18.1. The molecule has 0 aliphatic rings. The van der Waals surface area contributed by atoms with Crippen molar-refractivity contribution in [1.82, 2.24) is 4.90 Å². The number of hydrogen-bond donors (Lipinski definition) is 0. The quantitative estimate of drug-likeness (QED) is 0.168. The lowest BCUT2D eigenvalue weighted by molar-refractivity contribution is 0.0699. The van der Waals surface area contributed by atoms with Gasteiger partial charge in [-0.25, -0.2) is 0 Å². The maximum atomic E-state index is 6.02. The number of aliphatic imine (C=N–C) groups is 2. The molecule has 0 bridgehead atoms. The van der Waals surface area contributed by atoms with Crippen LogP contribution in [0, 0.1) is 11.8 Å². The Morgan fingerprint density at radius 1 is 0.719 bits per heavy atom. The molecule has 7 heteroatoms. The number of hydrogen-bond acceptors (Lipinski definition) is 6. The Labute approximate surface area is 200 Å². The summed E-state index contributed by atoms with van der Waals surface area (Å²) in [5.41, 5.74) is 2.50. The van der Waals surface area contributed by atoms with Crippen LogP contribution in [0.5, 0.6) is 0 Å². The molecule has 0 heterocycles. The van der Waals surface area contributed by atoms with Crippen molar-refractivity contribution in [1.29, 1.82) is 0 Å². The fourth-order valence-corrected chi connectivity index (χ4v) is 6.52. The van der Waals surface area contributed by atoms with Gasteiger partial charge in [-0.1, -0.05) is 27.7 Å². The molecule has 0 unspecified atom stereocenters. The Bertz CT molecular complexity index is 478. The maximum absolute atomic E-state index is 6.02. The van der Waals surface area contributed by atoms with Gasteiger partial charge in [0.2, 0.25) is 0 Å². The molecular weight excluding hydrogens is 418 g/mol. The van der Waals surface area contributed by atoms with Gasteiger partial charge in [0.25, 0.3) is 0 Å². The van der Waals surface area contributed by atoms with Gasteiger partial charge in [-0.2, -0.15) is 0 Å². The Morgan fingerprint density at radius 3 is 1.47 bits per heavy atom. The minimum atomic E-state index is -2.58.